The number of carbonyl (C=O) groups is 3. The average Bonchev–Trinajstić information content (AvgIpc) is 3.09. The predicted molar refractivity (Wildman–Crippen MR) is 60.6 cm³/mol. The Kier molecular flexibility index (Phi) is 2.36. The quantitative estimate of drug-likeness (QED) is 0.683. The Balaban J connectivity index is 1.70. The Morgan fingerprint density at radius 3 is 2.61 bits per heavy atom. The van der Waals surface area contributed by atoms with Gasteiger partial charge in [-0.3, -0.25) is 14.4 Å². The first-order valence-corrected chi connectivity index (χ1v) is 6.37. The Morgan fingerprint density at radius 1 is 1.28 bits per heavy atom. The molecule has 2 saturated heterocycles. The number of hydrogen-bond donors (Lipinski definition) is 1. The molecule has 2 heterocycles. The first kappa shape index (κ1) is 11.5. The molecule has 1 unspecified atom stereocenters. The third-order valence-corrected chi connectivity index (χ3v) is 4.35. The minimum absolute atomic E-state index is 0.0970. The highest BCUT2D eigenvalue weighted by Crippen LogP contribution is 2.47. The summed E-state index contributed by atoms with van der Waals surface area (Å²) in [4.78, 5) is 38.4. The van der Waals surface area contributed by atoms with E-state index in [1.807, 2.05) is 4.90 Å². The normalized spacial score (nSPS) is 29.1. The smallest absolute Gasteiger partial charge is 0.319 e. The number of fused-ring (bicyclic) bond motifs is 1. The van der Waals surface area contributed by atoms with Crippen LogP contribution in [0.2, 0.25) is 0 Å². The Labute approximate surface area is 105 Å². The number of carboxylic acid groups (broad SMARTS) is 1. The third-order valence-electron chi connectivity index (χ3n) is 4.35. The van der Waals surface area contributed by atoms with Crippen molar-refractivity contribution >= 4 is 17.8 Å². The molecule has 0 aromatic rings. The minimum Gasteiger partial charge on any atom is -0.480 e. The van der Waals surface area contributed by atoms with Crippen LogP contribution in [0.15, 0.2) is 0 Å². The van der Waals surface area contributed by atoms with Crippen LogP contribution in [-0.2, 0) is 14.4 Å². The van der Waals surface area contributed by atoms with Gasteiger partial charge < -0.3 is 14.9 Å². The van der Waals surface area contributed by atoms with E-state index in [0.717, 1.165) is 6.42 Å². The zero-order valence-electron chi connectivity index (χ0n) is 10.1. The summed E-state index contributed by atoms with van der Waals surface area (Å²) < 4.78 is 0. The first-order chi connectivity index (χ1) is 8.54. The summed E-state index contributed by atoms with van der Waals surface area (Å²) >= 11 is 0. The van der Waals surface area contributed by atoms with Crippen LogP contribution in [0, 0.1) is 5.41 Å². The second-order valence-electron chi connectivity index (χ2n) is 5.42. The van der Waals surface area contributed by atoms with Crippen molar-refractivity contribution in [3.05, 3.63) is 0 Å². The maximum Gasteiger partial charge on any atom is 0.319 e. The van der Waals surface area contributed by atoms with E-state index in [0.29, 0.717) is 38.9 Å². The lowest BCUT2D eigenvalue weighted by molar-refractivity contribution is -0.155. The fraction of sp³-hybridized carbons (Fsp3) is 0.750. The maximum atomic E-state index is 12.2. The molecule has 1 atom stereocenters. The lowest BCUT2D eigenvalue weighted by Crippen LogP contribution is -2.55. The molecule has 6 heteroatoms. The van der Waals surface area contributed by atoms with Gasteiger partial charge in [0.25, 0.3) is 0 Å². The third kappa shape index (κ3) is 1.51. The first-order valence-electron chi connectivity index (χ1n) is 6.37. The van der Waals surface area contributed by atoms with Gasteiger partial charge in [-0.2, -0.15) is 0 Å². The number of nitrogens with zero attached hydrogens (tertiary/aromatic N) is 2. The highest BCUT2D eigenvalue weighted by Gasteiger charge is 2.59. The maximum absolute atomic E-state index is 12.2. The van der Waals surface area contributed by atoms with E-state index in [1.54, 1.807) is 4.90 Å². The number of carbonyl (C=O) groups excluding carboxylic acids is 2. The van der Waals surface area contributed by atoms with Crippen molar-refractivity contribution in [2.45, 2.75) is 31.7 Å². The number of hydrogen-bond acceptors (Lipinski definition) is 3. The van der Waals surface area contributed by atoms with Crippen LogP contribution in [-0.4, -0.2) is 58.4 Å². The van der Waals surface area contributed by atoms with Crippen molar-refractivity contribution in [1.82, 2.24) is 9.80 Å². The number of piperazine rings is 1. The molecule has 0 spiro atoms. The number of carboxylic acids is 1. The second kappa shape index (κ2) is 3.70. The lowest BCUT2D eigenvalue weighted by atomic mass is 10.0. The van der Waals surface area contributed by atoms with Crippen molar-refractivity contribution in [3.8, 4) is 0 Å². The van der Waals surface area contributed by atoms with E-state index in [4.69, 9.17) is 5.11 Å². The molecule has 98 valence electrons. The molecule has 1 saturated carbocycles. The molecule has 1 N–H and O–H groups in total. The van der Waals surface area contributed by atoms with Gasteiger partial charge in [-0.1, -0.05) is 0 Å². The molecule has 2 amide bonds. The Bertz CT molecular complexity index is 430. The monoisotopic (exact) mass is 252 g/mol. The van der Waals surface area contributed by atoms with Crippen molar-refractivity contribution in [2.24, 2.45) is 5.41 Å². The molecule has 3 aliphatic rings. The fourth-order valence-corrected chi connectivity index (χ4v) is 3.00. The predicted octanol–water partition coefficient (Wildman–Crippen LogP) is -0.316. The van der Waals surface area contributed by atoms with E-state index in [2.05, 4.69) is 0 Å². The second-order valence-corrected chi connectivity index (χ2v) is 5.42. The molecule has 3 fully saturated rings. The summed E-state index contributed by atoms with van der Waals surface area (Å²) in [6, 6.07) is 0.0970. The standard InChI is InChI=1S/C12H16N2O4/c15-9-2-1-8-7-13(5-6-14(8)9)10(16)12(3-4-12)11(17)18/h8H,1-7H2,(H,17,18). The van der Waals surface area contributed by atoms with E-state index in [1.165, 1.54) is 0 Å². The molecule has 6 nitrogen and oxygen atoms in total. The molecule has 0 aromatic carbocycles. The van der Waals surface area contributed by atoms with Gasteiger partial charge in [0.2, 0.25) is 11.8 Å². The van der Waals surface area contributed by atoms with Crippen molar-refractivity contribution in [2.75, 3.05) is 19.6 Å². The molecule has 0 aromatic heterocycles. The van der Waals surface area contributed by atoms with E-state index in [9.17, 15) is 14.4 Å². The number of rotatable bonds is 2. The van der Waals surface area contributed by atoms with Crippen molar-refractivity contribution in [1.29, 1.82) is 0 Å². The van der Waals surface area contributed by atoms with Crippen LogP contribution in [0.4, 0.5) is 0 Å². The van der Waals surface area contributed by atoms with E-state index < -0.39 is 11.4 Å². The summed E-state index contributed by atoms with van der Waals surface area (Å²) in [5.74, 6) is -1.10. The van der Waals surface area contributed by atoms with Gasteiger partial charge in [0.05, 0.1) is 0 Å². The molecule has 2 aliphatic heterocycles. The zero-order valence-corrected chi connectivity index (χ0v) is 10.1. The summed E-state index contributed by atoms with van der Waals surface area (Å²) in [7, 11) is 0. The van der Waals surface area contributed by atoms with Gasteiger partial charge in [-0.05, 0) is 19.3 Å². The molecule has 0 radical (unpaired) electrons. The summed E-state index contributed by atoms with van der Waals surface area (Å²) in [6.07, 6.45) is 2.23. The Hall–Kier alpha value is -1.59. The largest absolute Gasteiger partial charge is 0.480 e. The number of aliphatic carboxylic acids is 1. The molecule has 3 rings (SSSR count). The fourth-order valence-electron chi connectivity index (χ4n) is 3.00. The minimum atomic E-state index is -1.15. The Morgan fingerprint density at radius 2 is 2.00 bits per heavy atom. The van der Waals surface area contributed by atoms with Gasteiger partial charge in [0.1, 0.15) is 5.41 Å². The molecule has 0 bridgehead atoms. The van der Waals surface area contributed by atoms with Gasteiger partial charge in [0, 0.05) is 32.1 Å². The van der Waals surface area contributed by atoms with Crippen molar-refractivity contribution < 1.29 is 19.5 Å². The van der Waals surface area contributed by atoms with Crippen LogP contribution in [0.25, 0.3) is 0 Å². The molecular formula is C12H16N2O4. The van der Waals surface area contributed by atoms with Crippen LogP contribution in [0.5, 0.6) is 0 Å². The topological polar surface area (TPSA) is 77.9 Å². The van der Waals surface area contributed by atoms with Gasteiger partial charge in [0.15, 0.2) is 0 Å². The number of amides is 2. The van der Waals surface area contributed by atoms with Crippen LogP contribution >= 0.6 is 0 Å². The molecule has 18 heavy (non-hydrogen) atoms. The van der Waals surface area contributed by atoms with Gasteiger partial charge in [-0.15, -0.1) is 0 Å². The average molecular weight is 252 g/mol. The van der Waals surface area contributed by atoms with Crippen LogP contribution in [0.3, 0.4) is 0 Å². The summed E-state index contributed by atoms with van der Waals surface area (Å²) in [5, 5.41) is 9.12. The highest BCUT2D eigenvalue weighted by molar-refractivity contribution is 6.05. The lowest BCUT2D eigenvalue weighted by Gasteiger charge is -2.38. The van der Waals surface area contributed by atoms with Gasteiger partial charge in [-0.25, -0.2) is 0 Å². The van der Waals surface area contributed by atoms with Crippen LogP contribution in [0.1, 0.15) is 25.7 Å². The highest BCUT2D eigenvalue weighted by atomic mass is 16.4. The molecule has 1 aliphatic carbocycles. The SMILES string of the molecule is O=C1CCC2CN(C(=O)C3(C(=O)O)CC3)CCN12. The summed E-state index contributed by atoms with van der Waals surface area (Å²) in [6.45, 7) is 1.51. The van der Waals surface area contributed by atoms with Gasteiger partial charge >= 0.3 is 5.97 Å². The van der Waals surface area contributed by atoms with E-state index >= 15 is 0 Å². The van der Waals surface area contributed by atoms with Crippen molar-refractivity contribution in [3.63, 3.8) is 0 Å². The van der Waals surface area contributed by atoms with Crippen LogP contribution < -0.4 is 0 Å². The molecular weight excluding hydrogens is 236 g/mol. The van der Waals surface area contributed by atoms with E-state index in [-0.39, 0.29) is 17.9 Å². The zero-order chi connectivity index (χ0) is 12.9. The summed E-state index contributed by atoms with van der Waals surface area (Å²) in [5.41, 5.74) is -1.15.